The van der Waals surface area contributed by atoms with Gasteiger partial charge in [-0.25, -0.2) is 4.68 Å². The molecular weight excluding hydrogens is 316 g/mol. The van der Waals surface area contributed by atoms with Crippen LogP contribution in [0.25, 0.3) is 0 Å². The molecule has 0 radical (unpaired) electrons. The summed E-state index contributed by atoms with van der Waals surface area (Å²) in [4.78, 5) is 2.42. The van der Waals surface area contributed by atoms with Gasteiger partial charge in [0.2, 0.25) is 0 Å². The Morgan fingerprint density at radius 3 is 2.60 bits per heavy atom. The summed E-state index contributed by atoms with van der Waals surface area (Å²) in [6.45, 7) is 3.67. The number of piperidine rings is 1. The second-order valence-corrected chi connectivity index (χ2v) is 7.04. The van der Waals surface area contributed by atoms with Gasteiger partial charge in [0, 0.05) is 32.3 Å². The van der Waals surface area contributed by atoms with Gasteiger partial charge in [-0.1, -0.05) is 23.4 Å². The van der Waals surface area contributed by atoms with Crippen LogP contribution in [0.1, 0.15) is 36.9 Å². The van der Waals surface area contributed by atoms with Crippen molar-refractivity contribution in [3.63, 3.8) is 0 Å². The lowest BCUT2D eigenvalue weighted by Crippen LogP contribution is -2.36. The third kappa shape index (κ3) is 4.38. The average Bonchev–Trinajstić information content (AvgIpc) is 3.36. The number of para-hydroxylation sites is 1. The number of ether oxygens (including phenoxy) is 2. The minimum absolute atomic E-state index is 0.405. The summed E-state index contributed by atoms with van der Waals surface area (Å²) in [6, 6.07) is 8.23. The van der Waals surface area contributed by atoms with Crippen LogP contribution in [-0.4, -0.2) is 52.3 Å². The molecule has 1 aliphatic carbocycles. The van der Waals surface area contributed by atoms with Crippen LogP contribution < -0.4 is 4.74 Å². The Bertz CT molecular complexity index is 690. The first-order chi connectivity index (χ1) is 12.3. The number of nitrogens with zero attached hydrogens (tertiary/aromatic N) is 4. The highest BCUT2D eigenvalue weighted by molar-refractivity contribution is 5.34. The van der Waals surface area contributed by atoms with Gasteiger partial charge in [0.25, 0.3) is 0 Å². The molecule has 1 aromatic heterocycles. The first-order valence-corrected chi connectivity index (χ1v) is 9.19. The molecular formula is C19H26N4O2. The van der Waals surface area contributed by atoms with Gasteiger partial charge in [-0.05, 0) is 31.7 Å². The molecule has 1 aromatic carbocycles. The van der Waals surface area contributed by atoms with Crippen molar-refractivity contribution >= 4 is 0 Å². The van der Waals surface area contributed by atoms with Gasteiger partial charge >= 0.3 is 0 Å². The number of methoxy groups -OCH3 is 1. The molecule has 2 aromatic rings. The molecule has 0 spiro atoms. The van der Waals surface area contributed by atoms with Crippen LogP contribution in [0.2, 0.25) is 0 Å². The van der Waals surface area contributed by atoms with Crippen LogP contribution >= 0.6 is 0 Å². The molecule has 1 saturated heterocycles. The predicted octanol–water partition coefficient (Wildman–Crippen LogP) is 2.48. The Labute approximate surface area is 148 Å². The Kier molecular flexibility index (Phi) is 4.99. The molecule has 0 unspecified atom stereocenters. The highest BCUT2D eigenvalue weighted by Gasteiger charge is 2.24. The van der Waals surface area contributed by atoms with Crippen molar-refractivity contribution in [1.82, 2.24) is 19.9 Å². The maximum Gasteiger partial charge on any atom is 0.124 e. The van der Waals surface area contributed by atoms with Gasteiger partial charge < -0.3 is 9.47 Å². The summed E-state index contributed by atoms with van der Waals surface area (Å²) >= 11 is 0. The zero-order valence-corrected chi connectivity index (χ0v) is 14.8. The third-order valence-electron chi connectivity index (χ3n) is 4.96. The highest BCUT2D eigenvalue weighted by Crippen LogP contribution is 2.29. The van der Waals surface area contributed by atoms with E-state index in [1.165, 1.54) is 12.8 Å². The summed E-state index contributed by atoms with van der Waals surface area (Å²) in [6.07, 6.45) is 7.39. The van der Waals surface area contributed by atoms with Gasteiger partial charge in [-0.2, -0.15) is 0 Å². The number of benzene rings is 1. The standard InChI is InChI=1S/C19H26N4O2/c1-24-17-8-10-22(11-9-17)13-16-14-23(21-20-16)12-15-4-2-3-5-19(15)25-18-6-7-18/h2-5,14,17-18H,6-13H2,1H3. The summed E-state index contributed by atoms with van der Waals surface area (Å²) in [7, 11) is 1.80. The van der Waals surface area contributed by atoms with Crippen molar-refractivity contribution in [2.45, 2.75) is 51.0 Å². The van der Waals surface area contributed by atoms with Crippen molar-refractivity contribution in [1.29, 1.82) is 0 Å². The minimum Gasteiger partial charge on any atom is -0.490 e. The van der Waals surface area contributed by atoms with E-state index in [-0.39, 0.29) is 0 Å². The number of hydrogen-bond donors (Lipinski definition) is 0. The maximum absolute atomic E-state index is 6.00. The van der Waals surface area contributed by atoms with E-state index < -0.39 is 0 Å². The highest BCUT2D eigenvalue weighted by atomic mass is 16.5. The van der Waals surface area contributed by atoms with Crippen LogP contribution in [0.4, 0.5) is 0 Å². The van der Waals surface area contributed by atoms with Crippen molar-refractivity contribution in [3.8, 4) is 5.75 Å². The molecule has 2 fully saturated rings. The first-order valence-electron chi connectivity index (χ1n) is 9.19. The average molecular weight is 342 g/mol. The molecule has 0 bridgehead atoms. The fourth-order valence-electron chi connectivity index (χ4n) is 3.31. The van der Waals surface area contributed by atoms with Crippen molar-refractivity contribution in [2.24, 2.45) is 0 Å². The maximum atomic E-state index is 6.00. The first kappa shape index (κ1) is 16.5. The lowest BCUT2D eigenvalue weighted by molar-refractivity contribution is 0.0385. The van der Waals surface area contributed by atoms with E-state index in [0.717, 1.165) is 49.5 Å². The second kappa shape index (κ2) is 7.54. The van der Waals surface area contributed by atoms with E-state index in [2.05, 4.69) is 27.5 Å². The molecule has 0 N–H and O–H groups in total. The fraction of sp³-hybridized carbons (Fsp3) is 0.579. The van der Waals surface area contributed by atoms with Gasteiger partial charge in [-0.15, -0.1) is 5.10 Å². The summed E-state index contributed by atoms with van der Waals surface area (Å²) in [5, 5.41) is 8.65. The van der Waals surface area contributed by atoms with Crippen molar-refractivity contribution < 1.29 is 9.47 Å². The number of hydrogen-bond acceptors (Lipinski definition) is 5. The number of aromatic nitrogens is 3. The molecule has 6 heteroatoms. The summed E-state index contributed by atoms with van der Waals surface area (Å²) in [5.41, 5.74) is 2.18. The van der Waals surface area contributed by atoms with Crippen molar-refractivity contribution in [3.05, 3.63) is 41.7 Å². The zero-order chi connectivity index (χ0) is 17.1. The lowest BCUT2D eigenvalue weighted by atomic mass is 10.1. The molecule has 6 nitrogen and oxygen atoms in total. The second-order valence-electron chi connectivity index (χ2n) is 7.04. The van der Waals surface area contributed by atoms with E-state index in [1.54, 1.807) is 7.11 Å². The largest absolute Gasteiger partial charge is 0.490 e. The van der Waals surface area contributed by atoms with E-state index in [4.69, 9.17) is 9.47 Å². The molecule has 134 valence electrons. The lowest BCUT2D eigenvalue weighted by Gasteiger charge is -2.30. The predicted molar refractivity (Wildman–Crippen MR) is 94.5 cm³/mol. The number of likely N-dealkylation sites (tertiary alicyclic amines) is 1. The van der Waals surface area contributed by atoms with Crippen LogP contribution in [0.3, 0.4) is 0 Å². The quantitative estimate of drug-likeness (QED) is 0.774. The molecule has 2 aliphatic rings. The molecule has 1 saturated carbocycles. The molecule has 0 amide bonds. The Morgan fingerprint density at radius 1 is 1.04 bits per heavy atom. The topological polar surface area (TPSA) is 52.4 Å². The third-order valence-corrected chi connectivity index (χ3v) is 4.96. The Balaban J connectivity index is 1.35. The smallest absolute Gasteiger partial charge is 0.124 e. The van der Waals surface area contributed by atoms with Gasteiger partial charge in [0.1, 0.15) is 5.75 Å². The van der Waals surface area contributed by atoms with Crippen LogP contribution in [0, 0.1) is 0 Å². The Morgan fingerprint density at radius 2 is 1.84 bits per heavy atom. The minimum atomic E-state index is 0.405. The Hall–Kier alpha value is -1.92. The van der Waals surface area contributed by atoms with E-state index in [0.29, 0.717) is 18.8 Å². The normalized spacial score (nSPS) is 19.2. The molecule has 1 aliphatic heterocycles. The fourth-order valence-corrected chi connectivity index (χ4v) is 3.31. The van der Waals surface area contributed by atoms with Crippen LogP contribution in [0.15, 0.2) is 30.5 Å². The van der Waals surface area contributed by atoms with Crippen molar-refractivity contribution in [2.75, 3.05) is 20.2 Å². The van der Waals surface area contributed by atoms with Gasteiger partial charge in [0.05, 0.1) is 30.6 Å². The summed E-state index contributed by atoms with van der Waals surface area (Å²) < 4.78 is 13.3. The zero-order valence-electron chi connectivity index (χ0n) is 14.8. The molecule has 0 atom stereocenters. The monoisotopic (exact) mass is 342 g/mol. The molecule has 2 heterocycles. The SMILES string of the molecule is COC1CCN(Cc2cn(Cc3ccccc3OC3CC3)nn2)CC1. The van der Waals surface area contributed by atoms with Gasteiger partial charge in [0.15, 0.2) is 0 Å². The van der Waals surface area contributed by atoms with E-state index in [1.807, 2.05) is 22.9 Å². The number of rotatable bonds is 7. The van der Waals surface area contributed by atoms with Gasteiger partial charge in [-0.3, -0.25) is 4.90 Å². The van der Waals surface area contributed by atoms with E-state index >= 15 is 0 Å². The molecule has 25 heavy (non-hydrogen) atoms. The van der Waals surface area contributed by atoms with E-state index in [9.17, 15) is 0 Å². The van der Waals surface area contributed by atoms with Crippen LogP contribution in [0.5, 0.6) is 5.75 Å². The molecule has 4 rings (SSSR count). The van der Waals surface area contributed by atoms with Crippen LogP contribution in [-0.2, 0) is 17.8 Å². The summed E-state index contributed by atoms with van der Waals surface area (Å²) in [5.74, 6) is 0.976.